The van der Waals surface area contributed by atoms with Gasteiger partial charge < -0.3 is 4.74 Å². The zero-order valence-corrected chi connectivity index (χ0v) is 11.0. The highest BCUT2D eigenvalue weighted by Crippen LogP contribution is 2.43. The normalized spacial score (nSPS) is 33.4. The minimum atomic E-state index is -0.189. The molecule has 2 fully saturated rings. The molecule has 0 N–H and O–H groups in total. The molecule has 2 unspecified atom stereocenters. The molecule has 2 heteroatoms. The number of hydrogen-bond donors (Lipinski definition) is 0. The predicted molar refractivity (Wildman–Crippen MR) is 68.7 cm³/mol. The fourth-order valence-electron chi connectivity index (χ4n) is 3.40. The molecule has 17 heavy (non-hydrogen) atoms. The number of fused-ring (bicyclic) bond motifs is 2. The van der Waals surface area contributed by atoms with Crippen LogP contribution in [0.4, 0.5) is 0 Å². The quantitative estimate of drug-likeness (QED) is 0.535. The van der Waals surface area contributed by atoms with E-state index in [9.17, 15) is 4.79 Å². The summed E-state index contributed by atoms with van der Waals surface area (Å²) >= 11 is 0. The monoisotopic (exact) mass is 236 g/mol. The molecule has 0 heterocycles. The lowest BCUT2D eigenvalue weighted by molar-refractivity contribution is -0.162. The molecule has 2 nitrogen and oxygen atoms in total. The molecule has 0 aliphatic heterocycles. The molecule has 2 bridgehead atoms. The second-order valence-corrected chi connectivity index (χ2v) is 5.91. The van der Waals surface area contributed by atoms with E-state index in [4.69, 9.17) is 4.74 Å². The van der Waals surface area contributed by atoms with Crippen molar-refractivity contribution >= 4 is 5.97 Å². The topological polar surface area (TPSA) is 26.3 Å². The fraction of sp³-hybridized carbons (Fsp3) is 0.800. The Morgan fingerprint density at radius 1 is 1.18 bits per heavy atom. The average Bonchev–Trinajstić information content (AvgIpc) is 2.27. The van der Waals surface area contributed by atoms with Crippen LogP contribution in [0.5, 0.6) is 0 Å². The van der Waals surface area contributed by atoms with E-state index in [-0.39, 0.29) is 11.6 Å². The predicted octanol–water partition coefficient (Wildman–Crippen LogP) is 4.00. The summed E-state index contributed by atoms with van der Waals surface area (Å²) in [4.78, 5) is 11.8. The van der Waals surface area contributed by atoms with Gasteiger partial charge in [-0.3, -0.25) is 0 Å². The molecule has 0 radical (unpaired) electrons. The lowest BCUT2D eigenvalue weighted by atomic mass is 9.72. The van der Waals surface area contributed by atoms with Gasteiger partial charge >= 0.3 is 5.97 Å². The summed E-state index contributed by atoms with van der Waals surface area (Å²) in [5.41, 5.74) is 0.378. The van der Waals surface area contributed by atoms with Crippen LogP contribution in [0.25, 0.3) is 0 Å². The second kappa shape index (κ2) is 5.24. The third-order valence-electron chi connectivity index (χ3n) is 4.31. The smallest absolute Gasteiger partial charge is 0.333 e. The van der Waals surface area contributed by atoms with Crippen molar-refractivity contribution in [3.63, 3.8) is 0 Å². The molecule has 0 saturated heterocycles. The first-order valence-corrected chi connectivity index (χ1v) is 7.00. The maximum atomic E-state index is 11.8. The first kappa shape index (κ1) is 12.7. The summed E-state index contributed by atoms with van der Waals surface area (Å²) in [6, 6.07) is 0. The number of rotatable bonds is 2. The Bertz CT molecular complexity index is 308. The third kappa shape index (κ3) is 3.11. The average molecular weight is 236 g/mol. The number of esters is 1. The standard InChI is InChI=1S/C15H24O2/c1-12(2)14(16)17-15-9-5-3-4-7-13(11-15)8-6-10-15/h13H,1,3-11H2,2H3. The minimum Gasteiger partial charge on any atom is -0.456 e. The maximum Gasteiger partial charge on any atom is 0.333 e. The number of ether oxygens (including phenoxy) is 1. The fourth-order valence-corrected chi connectivity index (χ4v) is 3.40. The first-order chi connectivity index (χ1) is 8.11. The minimum absolute atomic E-state index is 0.153. The number of hydrogen-bond acceptors (Lipinski definition) is 2. The van der Waals surface area contributed by atoms with Gasteiger partial charge in [0.2, 0.25) is 0 Å². The molecule has 0 spiro atoms. The summed E-state index contributed by atoms with van der Waals surface area (Å²) in [6.45, 7) is 5.43. The molecule has 96 valence electrons. The van der Waals surface area contributed by atoms with Gasteiger partial charge in [-0.05, 0) is 44.9 Å². The van der Waals surface area contributed by atoms with Crippen molar-refractivity contribution in [2.75, 3.05) is 0 Å². The zero-order valence-electron chi connectivity index (χ0n) is 11.0. The van der Waals surface area contributed by atoms with Crippen LogP contribution < -0.4 is 0 Å². The summed E-state index contributed by atoms with van der Waals surface area (Å²) in [6.07, 6.45) is 10.9. The van der Waals surface area contributed by atoms with Gasteiger partial charge in [0.1, 0.15) is 5.60 Å². The molecule has 2 aliphatic rings. The Labute approximate surface area is 104 Å². The molecule has 2 rings (SSSR count). The third-order valence-corrected chi connectivity index (χ3v) is 4.31. The van der Waals surface area contributed by atoms with Crippen LogP contribution in [0.3, 0.4) is 0 Å². The van der Waals surface area contributed by atoms with Gasteiger partial charge in [0, 0.05) is 5.57 Å². The molecule has 0 aromatic heterocycles. The molecular formula is C15H24O2. The molecule has 2 aliphatic carbocycles. The van der Waals surface area contributed by atoms with E-state index in [0.29, 0.717) is 5.57 Å². The second-order valence-electron chi connectivity index (χ2n) is 5.91. The maximum absolute atomic E-state index is 11.8. The van der Waals surface area contributed by atoms with Crippen LogP contribution in [0.2, 0.25) is 0 Å². The van der Waals surface area contributed by atoms with E-state index >= 15 is 0 Å². The van der Waals surface area contributed by atoms with Crippen LogP contribution in [0.15, 0.2) is 12.2 Å². The summed E-state index contributed by atoms with van der Waals surface area (Å²) in [7, 11) is 0. The van der Waals surface area contributed by atoms with Crippen LogP contribution >= 0.6 is 0 Å². The van der Waals surface area contributed by atoms with Crippen molar-refractivity contribution in [1.29, 1.82) is 0 Å². The van der Waals surface area contributed by atoms with E-state index in [0.717, 1.165) is 25.2 Å². The summed E-state index contributed by atoms with van der Waals surface area (Å²) < 4.78 is 5.81. The van der Waals surface area contributed by atoms with Crippen molar-refractivity contribution in [3.8, 4) is 0 Å². The van der Waals surface area contributed by atoms with E-state index in [1.807, 2.05) is 0 Å². The van der Waals surface area contributed by atoms with Crippen LogP contribution in [0, 0.1) is 5.92 Å². The Morgan fingerprint density at radius 2 is 1.88 bits per heavy atom. The van der Waals surface area contributed by atoms with Crippen molar-refractivity contribution in [3.05, 3.63) is 12.2 Å². The lowest BCUT2D eigenvalue weighted by Gasteiger charge is -2.42. The molecule has 2 saturated carbocycles. The van der Waals surface area contributed by atoms with Gasteiger partial charge in [-0.2, -0.15) is 0 Å². The highest BCUT2D eigenvalue weighted by molar-refractivity contribution is 5.87. The van der Waals surface area contributed by atoms with Crippen molar-refractivity contribution in [2.45, 2.75) is 70.3 Å². The lowest BCUT2D eigenvalue weighted by Crippen LogP contribution is -2.41. The van der Waals surface area contributed by atoms with Gasteiger partial charge in [0.15, 0.2) is 0 Å². The van der Waals surface area contributed by atoms with Gasteiger partial charge in [-0.25, -0.2) is 4.79 Å². The van der Waals surface area contributed by atoms with E-state index in [2.05, 4.69) is 6.58 Å². The van der Waals surface area contributed by atoms with Crippen LogP contribution in [0.1, 0.15) is 64.7 Å². The molecule has 2 atom stereocenters. The van der Waals surface area contributed by atoms with Gasteiger partial charge in [0.05, 0.1) is 0 Å². The number of carbonyl (C=O) groups excluding carboxylic acids is 1. The summed E-state index contributed by atoms with van der Waals surface area (Å²) in [5, 5.41) is 0. The Morgan fingerprint density at radius 3 is 2.65 bits per heavy atom. The Kier molecular flexibility index (Phi) is 3.90. The SMILES string of the molecule is C=C(C)C(=O)OC12CCCCCC(CCC1)C2. The largest absolute Gasteiger partial charge is 0.456 e. The Balaban J connectivity index is 2.07. The summed E-state index contributed by atoms with van der Waals surface area (Å²) in [5.74, 6) is 0.591. The van der Waals surface area contributed by atoms with Gasteiger partial charge in [-0.1, -0.05) is 32.3 Å². The highest BCUT2D eigenvalue weighted by atomic mass is 16.6. The first-order valence-electron chi connectivity index (χ1n) is 7.00. The molecule has 0 aromatic carbocycles. The molecular weight excluding hydrogens is 212 g/mol. The van der Waals surface area contributed by atoms with E-state index in [1.165, 1.54) is 38.5 Å². The highest BCUT2D eigenvalue weighted by Gasteiger charge is 2.40. The van der Waals surface area contributed by atoms with Crippen LogP contribution in [-0.4, -0.2) is 11.6 Å². The van der Waals surface area contributed by atoms with Gasteiger partial charge in [0.25, 0.3) is 0 Å². The molecule has 0 aromatic rings. The van der Waals surface area contributed by atoms with E-state index < -0.39 is 0 Å². The van der Waals surface area contributed by atoms with Crippen molar-refractivity contribution < 1.29 is 9.53 Å². The zero-order chi connectivity index (χ0) is 12.3. The molecule has 0 amide bonds. The number of carbonyl (C=O) groups is 1. The van der Waals surface area contributed by atoms with E-state index in [1.54, 1.807) is 6.92 Å². The Hall–Kier alpha value is -0.790. The van der Waals surface area contributed by atoms with Gasteiger partial charge in [-0.15, -0.1) is 0 Å². The van der Waals surface area contributed by atoms with Crippen molar-refractivity contribution in [2.24, 2.45) is 5.92 Å². The van der Waals surface area contributed by atoms with Crippen molar-refractivity contribution in [1.82, 2.24) is 0 Å². The van der Waals surface area contributed by atoms with Crippen LogP contribution in [-0.2, 0) is 9.53 Å².